The maximum atomic E-state index is 12.4. The number of halogens is 1. The molecule has 0 aliphatic rings. The standard InChI is InChI=1S/C18H16ClN3O3/c1-24-13-7-8-14(17(9-13)25-2)20-18(23)16-10-15(21-22-16)11-3-5-12(19)6-4-11/h3-10H,1-2H3,(H,20,23)(H,21,22). The molecule has 0 bridgehead atoms. The van der Waals surface area contributed by atoms with E-state index in [2.05, 4.69) is 15.5 Å². The van der Waals surface area contributed by atoms with Crippen molar-refractivity contribution in [3.05, 3.63) is 59.2 Å². The second-order valence-electron chi connectivity index (χ2n) is 5.19. The minimum atomic E-state index is -0.323. The monoisotopic (exact) mass is 357 g/mol. The molecule has 0 radical (unpaired) electrons. The third-order valence-electron chi connectivity index (χ3n) is 3.62. The van der Waals surface area contributed by atoms with Gasteiger partial charge in [-0.1, -0.05) is 23.7 Å². The molecule has 2 aromatic carbocycles. The number of nitrogens with one attached hydrogen (secondary N) is 2. The third kappa shape index (κ3) is 3.75. The van der Waals surface area contributed by atoms with Crippen LogP contribution in [0.3, 0.4) is 0 Å². The predicted molar refractivity (Wildman–Crippen MR) is 96.5 cm³/mol. The molecule has 1 aromatic heterocycles. The van der Waals surface area contributed by atoms with Crippen molar-refractivity contribution in [2.75, 3.05) is 19.5 Å². The molecule has 0 saturated heterocycles. The van der Waals surface area contributed by atoms with Crippen LogP contribution in [0, 0.1) is 0 Å². The first kappa shape index (κ1) is 16.9. The summed E-state index contributed by atoms with van der Waals surface area (Å²) in [5.74, 6) is 0.822. The van der Waals surface area contributed by atoms with E-state index in [0.717, 1.165) is 5.56 Å². The summed E-state index contributed by atoms with van der Waals surface area (Å²) in [5.41, 5.74) is 2.39. The highest BCUT2D eigenvalue weighted by Crippen LogP contribution is 2.29. The summed E-state index contributed by atoms with van der Waals surface area (Å²) in [5, 5.41) is 10.3. The van der Waals surface area contributed by atoms with Gasteiger partial charge in [0.05, 0.1) is 25.6 Å². The smallest absolute Gasteiger partial charge is 0.273 e. The Morgan fingerprint density at radius 1 is 1.08 bits per heavy atom. The number of rotatable bonds is 5. The van der Waals surface area contributed by atoms with Crippen molar-refractivity contribution < 1.29 is 14.3 Å². The highest BCUT2D eigenvalue weighted by molar-refractivity contribution is 6.30. The van der Waals surface area contributed by atoms with Crippen LogP contribution in [0.25, 0.3) is 11.3 Å². The number of ether oxygens (including phenoxy) is 2. The molecule has 0 unspecified atom stereocenters. The molecule has 0 aliphatic heterocycles. The van der Waals surface area contributed by atoms with Gasteiger partial charge in [0, 0.05) is 16.7 Å². The van der Waals surface area contributed by atoms with Gasteiger partial charge in [0.2, 0.25) is 0 Å². The molecule has 0 fully saturated rings. The number of anilines is 1. The number of nitrogens with zero attached hydrogens (tertiary/aromatic N) is 1. The summed E-state index contributed by atoms with van der Waals surface area (Å²) in [6.45, 7) is 0. The van der Waals surface area contributed by atoms with Gasteiger partial charge in [0.15, 0.2) is 0 Å². The average molecular weight is 358 g/mol. The van der Waals surface area contributed by atoms with E-state index in [1.165, 1.54) is 7.11 Å². The summed E-state index contributed by atoms with van der Waals surface area (Å²) in [6.07, 6.45) is 0. The lowest BCUT2D eigenvalue weighted by atomic mass is 10.1. The number of aromatic nitrogens is 2. The Balaban J connectivity index is 1.79. The molecule has 0 spiro atoms. The molecule has 25 heavy (non-hydrogen) atoms. The summed E-state index contributed by atoms with van der Waals surface area (Å²) >= 11 is 5.88. The Morgan fingerprint density at radius 3 is 2.52 bits per heavy atom. The lowest BCUT2D eigenvalue weighted by Gasteiger charge is -2.10. The SMILES string of the molecule is COc1ccc(NC(=O)c2cc(-c3ccc(Cl)cc3)n[nH]2)c(OC)c1. The van der Waals surface area contributed by atoms with Gasteiger partial charge in [-0.3, -0.25) is 9.89 Å². The third-order valence-corrected chi connectivity index (χ3v) is 3.87. The molecule has 0 aliphatic carbocycles. The Morgan fingerprint density at radius 2 is 1.84 bits per heavy atom. The van der Waals surface area contributed by atoms with Crippen LogP contribution >= 0.6 is 11.6 Å². The fourth-order valence-corrected chi connectivity index (χ4v) is 2.42. The fourth-order valence-electron chi connectivity index (χ4n) is 2.30. The van der Waals surface area contributed by atoms with E-state index in [4.69, 9.17) is 21.1 Å². The number of benzene rings is 2. The molecule has 3 aromatic rings. The van der Waals surface area contributed by atoms with E-state index in [1.807, 2.05) is 12.1 Å². The van der Waals surface area contributed by atoms with Crippen molar-refractivity contribution in [1.82, 2.24) is 10.2 Å². The second-order valence-corrected chi connectivity index (χ2v) is 5.63. The zero-order valence-corrected chi connectivity index (χ0v) is 14.4. The van der Waals surface area contributed by atoms with Crippen molar-refractivity contribution >= 4 is 23.2 Å². The molecule has 0 saturated carbocycles. The molecule has 7 heteroatoms. The van der Waals surface area contributed by atoms with Crippen molar-refractivity contribution in [2.45, 2.75) is 0 Å². The van der Waals surface area contributed by atoms with Crippen molar-refractivity contribution in [3.63, 3.8) is 0 Å². The quantitative estimate of drug-likeness (QED) is 0.723. The van der Waals surface area contributed by atoms with Crippen molar-refractivity contribution in [3.8, 4) is 22.8 Å². The molecular weight excluding hydrogens is 342 g/mol. The Bertz CT molecular complexity index is 891. The number of carbonyl (C=O) groups is 1. The molecule has 6 nitrogen and oxygen atoms in total. The first-order valence-corrected chi connectivity index (χ1v) is 7.83. The van der Waals surface area contributed by atoms with Gasteiger partial charge < -0.3 is 14.8 Å². The van der Waals surface area contributed by atoms with Crippen LogP contribution in [0.2, 0.25) is 5.02 Å². The number of methoxy groups -OCH3 is 2. The van der Waals surface area contributed by atoms with E-state index in [0.29, 0.717) is 33.6 Å². The van der Waals surface area contributed by atoms with E-state index < -0.39 is 0 Å². The lowest BCUT2D eigenvalue weighted by Crippen LogP contribution is -2.13. The molecule has 0 atom stereocenters. The summed E-state index contributed by atoms with van der Waals surface area (Å²) in [7, 11) is 3.09. The number of hydrogen-bond acceptors (Lipinski definition) is 4. The highest BCUT2D eigenvalue weighted by Gasteiger charge is 2.14. The molecule has 2 N–H and O–H groups in total. The number of amides is 1. The van der Waals surface area contributed by atoms with Crippen molar-refractivity contribution in [2.24, 2.45) is 0 Å². The molecule has 1 heterocycles. The molecule has 128 valence electrons. The number of aromatic amines is 1. The van der Waals surface area contributed by atoms with Gasteiger partial charge >= 0.3 is 0 Å². The summed E-state index contributed by atoms with van der Waals surface area (Å²) in [4.78, 5) is 12.4. The molecular formula is C18H16ClN3O3. The minimum absolute atomic E-state index is 0.323. The molecule has 1 amide bonds. The van der Waals surface area contributed by atoms with Crippen LogP contribution in [-0.4, -0.2) is 30.3 Å². The summed E-state index contributed by atoms with van der Waals surface area (Å²) in [6, 6.07) is 14.0. The van der Waals surface area contributed by atoms with E-state index in [1.54, 1.807) is 43.5 Å². The maximum absolute atomic E-state index is 12.4. The van der Waals surface area contributed by atoms with Crippen LogP contribution in [0.5, 0.6) is 11.5 Å². The number of H-pyrrole nitrogens is 1. The zero-order valence-electron chi connectivity index (χ0n) is 13.7. The topological polar surface area (TPSA) is 76.2 Å². The highest BCUT2D eigenvalue weighted by atomic mass is 35.5. The average Bonchev–Trinajstić information content (AvgIpc) is 3.13. The van der Waals surface area contributed by atoms with Crippen molar-refractivity contribution in [1.29, 1.82) is 0 Å². The van der Waals surface area contributed by atoms with Gasteiger partial charge in [0.1, 0.15) is 17.2 Å². The second kappa shape index (κ2) is 7.27. The van der Waals surface area contributed by atoms with Gasteiger partial charge in [-0.2, -0.15) is 5.10 Å². The summed E-state index contributed by atoms with van der Waals surface area (Å²) < 4.78 is 10.4. The van der Waals surface area contributed by atoms with E-state index in [9.17, 15) is 4.79 Å². The molecule has 3 rings (SSSR count). The van der Waals surface area contributed by atoms with E-state index >= 15 is 0 Å². The van der Waals surface area contributed by atoms with Crippen LogP contribution in [-0.2, 0) is 0 Å². The zero-order chi connectivity index (χ0) is 17.8. The van der Waals surface area contributed by atoms with E-state index in [-0.39, 0.29) is 5.91 Å². The maximum Gasteiger partial charge on any atom is 0.273 e. The largest absolute Gasteiger partial charge is 0.497 e. The first-order valence-electron chi connectivity index (χ1n) is 7.45. The van der Waals surface area contributed by atoms with Gasteiger partial charge in [-0.25, -0.2) is 0 Å². The Hall–Kier alpha value is -2.99. The van der Waals surface area contributed by atoms with Crippen LogP contribution in [0.4, 0.5) is 5.69 Å². The van der Waals surface area contributed by atoms with Crippen LogP contribution < -0.4 is 14.8 Å². The van der Waals surface area contributed by atoms with Crippen LogP contribution in [0.1, 0.15) is 10.5 Å². The Kier molecular flexibility index (Phi) is 4.90. The van der Waals surface area contributed by atoms with Gasteiger partial charge in [-0.15, -0.1) is 0 Å². The van der Waals surface area contributed by atoms with Gasteiger partial charge in [0.25, 0.3) is 5.91 Å². The van der Waals surface area contributed by atoms with Gasteiger partial charge in [-0.05, 0) is 30.3 Å². The first-order chi connectivity index (χ1) is 12.1. The Labute approximate surface area is 149 Å². The minimum Gasteiger partial charge on any atom is -0.497 e. The normalized spacial score (nSPS) is 10.4. The lowest BCUT2D eigenvalue weighted by molar-refractivity contribution is 0.102. The predicted octanol–water partition coefficient (Wildman–Crippen LogP) is 4.00. The number of hydrogen-bond donors (Lipinski definition) is 2. The number of carbonyl (C=O) groups excluding carboxylic acids is 1. The van der Waals surface area contributed by atoms with Crippen LogP contribution in [0.15, 0.2) is 48.5 Å². The fraction of sp³-hybridized carbons (Fsp3) is 0.111.